The average Bonchev–Trinajstić information content (AvgIpc) is 2.81. The summed E-state index contributed by atoms with van der Waals surface area (Å²) in [5, 5.41) is 10.9. The predicted molar refractivity (Wildman–Crippen MR) is 127 cm³/mol. The van der Waals surface area contributed by atoms with Crippen LogP contribution in [0.1, 0.15) is 25.3 Å². The molecule has 1 heterocycles. The first kappa shape index (κ1) is 24.3. The Kier molecular flexibility index (Phi) is 8.75. The van der Waals surface area contributed by atoms with Crippen LogP contribution >= 0.6 is 0 Å². The zero-order valence-corrected chi connectivity index (χ0v) is 19.6. The number of piperidine rings is 1. The Labute approximate surface area is 198 Å². The highest BCUT2D eigenvalue weighted by atomic mass is 35.5. The van der Waals surface area contributed by atoms with Gasteiger partial charge >= 0.3 is 0 Å². The Balaban J connectivity index is 0.00000289. The van der Waals surface area contributed by atoms with Crippen molar-refractivity contribution in [3.8, 4) is 16.9 Å². The predicted octanol–water partition coefficient (Wildman–Crippen LogP) is 2.54. The SMILES string of the molecule is CC1CC[N+](Cc2ccccc2)(CC(O)COc2ccc(-c3ccccc3)cc2)CC1.[Cl-]. The molecular weight excluding hydrogens is 418 g/mol. The van der Waals surface area contributed by atoms with Crippen LogP contribution in [0.25, 0.3) is 11.1 Å². The first-order valence-electron chi connectivity index (χ1n) is 11.5. The molecule has 3 aromatic carbocycles. The van der Waals surface area contributed by atoms with Crippen LogP contribution in [0.5, 0.6) is 5.75 Å². The first-order valence-corrected chi connectivity index (χ1v) is 11.5. The molecule has 4 rings (SSSR count). The lowest BCUT2D eigenvalue weighted by molar-refractivity contribution is -0.948. The van der Waals surface area contributed by atoms with Crippen molar-refractivity contribution in [2.45, 2.75) is 32.4 Å². The van der Waals surface area contributed by atoms with E-state index in [2.05, 4.69) is 61.5 Å². The lowest BCUT2D eigenvalue weighted by Gasteiger charge is -2.44. The molecule has 1 atom stereocenters. The van der Waals surface area contributed by atoms with E-state index < -0.39 is 6.10 Å². The first-order chi connectivity index (χ1) is 15.1. The van der Waals surface area contributed by atoms with Gasteiger partial charge in [-0.3, -0.25) is 0 Å². The number of rotatable bonds is 8. The number of ether oxygens (including phenoxy) is 1. The molecule has 1 aliphatic rings. The summed E-state index contributed by atoms with van der Waals surface area (Å²) < 4.78 is 6.91. The van der Waals surface area contributed by atoms with E-state index in [9.17, 15) is 5.11 Å². The van der Waals surface area contributed by atoms with Gasteiger partial charge in [0.2, 0.25) is 0 Å². The highest BCUT2D eigenvalue weighted by molar-refractivity contribution is 5.63. The summed E-state index contributed by atoms with van der Waals surface area (Å²) in [7, 11) is 0. The summed E-state index contributed by atoms with van der Waals surface area (Å²) in [6, 6.07) is 29.2. The summed E-state index contributed by atoms with van der Waals surface area (Å²) in [6.45, 7) is 6.64. The van der Waals surface area contributed by atoms with Crippen LogP contribution in [0.15, 0.2) is 84.9 Å². The monoisotopic (exact) mass is 451 g/mol. The standard InChI is InChI=1S/C28H34NO2.ClH/c1-23-16-18-29(19-17-23,20-24-8-4-2-5-9-24)21-27(30)22-31-28-14-12-26(13-15-28)25-10-6-3-7-11-25;/h2-15,23,27,30H,16-22H2,1H3;1H/q+1;/p-1. The Bertz CT molecular complexity index is 923. The van der Waals surface area contributed by atoms with E-state index in [4.69, 9.17) is 4.74 Å². The number of benzene rings is 3. The Hall–Kier alpha value is -2.33. The van der Waals surface area contributed by atoms with E-state index in [1.165, 1.54) is 29.5 Å². The fourth-order valence-electron chi connectivity index (χ4n) is 4.69. The van der Waals surface area contributed by atoms with Crippen LogP contribution < -0.4 is 17.1 Å². The molecule has 1 unspecified atom stereocenters. The molecule has 0 amide bonds. The van der Waals surface area contributed by atoms with Gasteiger partial charge < -0.3 is 26.7 Å². The van der Waals surface area contributed by atoms with Crippen molar-refractivity contribution in [2.75, 3.05) is 26.2 Å². The van der Waals surface area contributed by atoms with Crippen molar-refractivity contribution in [1.82, 2.24) is 0 Å². The molecule has 3 aromatic rings. The summed E-state index contributed by atoms with van der Waals surface area (Å²) in [5.74, 6) is 1.58. The van der Waals surface area contributed by atoms with Crippen LogP contribution in [-0.4, -0.2) is 41.9 Å². The van der Waals surface area contributed by atoms with Crippen LogP contribution in [-0.2, 0) is 6.54 Å². The van der Waals surface area contributed by atoms with E-state index in [1.807, 2.05) is 30.3 Å². The molecule has 0 aliphatic carbocycles. The van der Waals surface area contributed by atoms with E-state index in [0.717, 1.165) is 42.3 Å². The minimum atomic E-state index is -0.481. The molecular formula is C28H34ClNO2. The van der Waals surface area contributed by atoms with Crippen molar-refractivity contribution >= 4 is 0 Å². The fourth-order valence-corrected chi connectivity index (χ4v) is 4.69. The van der Waals surface area contributed by atoms with Crippen LogP contribution in [0.2, 0.25) is 0 Å². The Morgan fingerprint density at radius 1 is 0.844 bits per heavy atom. The third-order valence-corrected chi connectivity index (χ3v) is 6.56. The molecule has 0 saturated carbocycles. The summed E-state index contributed by atoms with van der Waals surface area (Å²) in [4.78, 5) is 0. The van der Waals surface area contributed by atoms with Gasteiger partial charge in [0.25, 0.3) is 0 Å². The van der Waals surface area contributed by atoms with Gasteiger partial charge in [0.1, 0.15) is 31.5 Å². The van der Waals surface area contributed by atoms with E-state index >= 15 is 0 Å². The number of nitrogens with zero attached hydrogens (tertiary/aromatic N) is 1. The number of aliphatic hydroxyl groups excluding tert-OH is 1. The molecule has 32 heavy (non-hydrogen) atoms. The normalized spacial score (nSPS) is 21.4. The van der Waals surface area contributed by atoms with Gasteiger partial charge in [-0.25, -0.2) is 0 Å². The molecule has 0 radical (unpaired) electrons. The Morgan fingerprint density at radius 3 is 2.03 bits per heavy atom. The smallest absolute Gasteiger partial charge is 0.137 e. The number of hydrogen-bond donors (Lipinski definition) is 1. The number of halogens is 1. The molecule has 1 saturated heterocycles. The maximum absolute atomic E-state index is 10.9. The summed E-state index contributed by atoms with van der Waals surface area (Å²) in [6.07, 6.45) is 1.97. The van der Waals surface area contributed by atoms with E-state index in [-0.39, 0.29) is 12.4 Å². The minimum Gasteiger partial charge on any atom is -1.00 e. The molecule has 0 bridgehead atoms. The number of quaternary nitrogens is 1. The van der Waals surface area contributed by atoms with Gasteiger partial charge in [-0.05, 0) is 42.0 Å². The van der Waals surface area contributed by atoms with E-state index in [1.54, 1.807) is 0 Å². The van der Waals surface area contributed by atoms with Crippen molar-refractivity contribution < 1.29 is 26.7 Å². The maximum atomic E-state index is 10.9. The number of aliphatic hydroxyl groups is 1. The largest absolute Gasteiger partial charge is 1.00 e. The molecule has 0 spiro atoms. The van der Waals surface area contributed by atoms with Gasteiger partial charge in [0.15, 0.2) is 0 Å². The second-order valence-electron chi connectivity index (χ2n) is 9.15. The highest BCUT2D eigenvalue weighted by Gasteiger charge is 2.35. The van der Waals surface area contributed by atoms with Gasteiger partial charge in [0.05, 0.1) is 13.1 Å². The molecule has 1 aliphatic heterocycles. The molecule has 1 fully saturated rings. The zero-order valence-electron chi connectivity index (χ0n) is 18.9. The third-order valence-electron chi connectivity index (χ3n) is 6.56. The summed E-state index contributed by atoms with van der Waals surface area (Å²) in [5.41, 5.74) is 3.71. The zero-order chi connectivity index (χ0) is 21.5. The van der Waals surface area contributed by atoms with Gasteiger partial charge in [-0.2, -0.15) is 0 Å². The van der Waals surface area contributed by atoms with Crippen LogP contribution in [0, 0.1) is 5.92 Å². The molecule has 4 heteroatoms. The lowest BCUT2D eigenvalue weighted by Crippen LogP contribution is -3.00. The fraction of sp³-hybridized carbons (Fsp3) is 0.357. The number of likely N-dealkylation sites (tertiary alicyclic amines) is 1. The van der Waals surface area contributed by atoms with Crippen molar-refractivity contribution in [3.63, 3.8) is 0 Å². The molecule has 1 N–H and O–H groups in total. The molecule has 170 valence electrons. The van der Waals surface area contributed by atoms with Crippen molar-refractivity contribution in [3.05, 3.63) is 90.5 Å². The van der Waals surface area contributed by atoms with Crippen molar-refractivity contribution in [1.29, 1.82) is 0 Å². The maximum Gasteiger partial charge on any atom is 0.137 e. The van der Waals surface area contributed by atoms with Gasteiger partial charge in [-0.1, -0.05) is 79.7 Å². The second kappa shape index (κ2) is 11.5. The quantitative estimate of drug-likeness (QED) is 0.533. The second-order valence-corrected chi connectivity index (χ2v) is 9.15. The Morgan fingerprint density at radius 2 is 1.41 bits per heavy atom. The number of hydrogen-bond acceptors (Lipinski definition) is 2. The minimum absolute atomic E-state index is 0. The topological polar surface area (TPSA) is 29.5 Å². The lowest BCUT2D eigenvalue weighted by atomic mass is 9.95. The van der Waals surface area contributed by atoms with Crippen LogP contribution in [0.3, 0.4) is 0 Å². The van der Waals surface area contributed by atoms with E-state index in [0.29, 0.717) is 6.61 Å². The summed E-state index contributed by atoms with van der Waals surface area (Å²) >= 11 is 0. The molecule has 3 nitrogen and oxygen atoms in total. The highest BCUT2D eigenvalue weighted by Crippen LogP contribution is 2.27. The van der Waals surface area contributed by atoms with Gasteiger partial charge in [-0.15, -0.1) is 0 Å². The van der Waals surface area contributed by atoms with Crippen LogP contribution in [0.4, 0.5) is 0 Å². The third kappa shape index (κ3) is 6.59. The molecule has 0 aromatic heterocycles. The average molecular weight is 452 g/mol. The van der Waals surface area contributed by atoms with Gasteiger partial charge in [0, 0.05) is 5.56 Å². The van der Waals surface area contributed by atoms with Crippen molar-refractivity contribution in [2.24, 2.45) is 5.92 Å².